The zero-order valence-corrected chi connectivity index (χ0v) is 12.6. The third kappa shape index (κ3) is 7.79. The Bertz CT molecular complexity index is 211. The van der Waals surface area contributed by atoms with Crippen molar-refractivity contribution in [2.24, 2.45) is 0 Å². The summed E-state index contributed by atoms with van der Waals surface area (Å²) in [4.78, 5) is 3.69. The van der Waals surface area contributed by atoms with Gasteiger partial charge >= 0.3 is 0 Å². The molecule has 6 heteroatoms. The van der Waals surface area contributed by atoms with Crippen molar-refractivity contribution in [1.82, 2.24) is 0 Å². The first-order valence-electron chi connectivity index (χ1n) is 6.79. The highest BCUT2D eigenvalue weighted by Gasteiger charge is 2.35. The summed E-state index contributed by atoms with van der Waals surface area (Å²) in [6.45, 7) is 8.57. The van der Waals surface area contributed by atoms with E-state index in [0.717, 1.165) is 6.42 Å². The van der Waals surface area contributed by atoms with Gasteiger partial charge in [0.25, 0.3) is 5.97 Å². The fraction of sp³-hybridized carbons (Fsp3) is 1.00. The standard InChI is InChI=1S/C13H27FO5/c1-6-10-17-13(16-7-2,18-11(3)4)9-8-12(15-5)19-14/h11-12H,6-10H2,1-5H3. The maximum atomic E-state index is 12.2. The first kappa shape index (κ1) is 18.7. The molecule has 0 rings (SSSR count). The van der Waals surface area contributed by atoms with Crippen molar-refractivity contribution < 1.29 is 28.4 Å². The molecule has 0 aromatic carbocycles. The summed E-state index contributed by atoms with van der Waals surface area (Å²) in [6, 6.07) is 0. The molecule has 5 nitrogen and oxygen atoms in total. The van der Waals surface area contributed by atoms with Gasteiger partial charge in [0, 0.05) is 26.6 Å². The first-order chi connectivity index (χ1) is 9.03. The maximum absolute atomic E-state index is 12.2. The third-order valence-electron chi connectivity index (χ3n) is 2.35. The fourth-order valence-electron chi connectivity index (χ4n) is 1.64. The summed E-state index contributed by atoms with van der Waals surface area (Å²) in [6.07, 6.45) is 0.408. The summed E-state index contributed by atoms with van der Waals surface area (Å²) in [5, 5.41) is 0. The van der Waals surface area contributed by atoms with Gasteiger partial charge in [0.2, 0.25) is 0 Å². The van der Waals surface area contributed by atoms with Crippen molar-refractivity contribution in [3.63, 3.8) is 0 Å². The molecule has 116 valence electrons. The number of halogens is 1. The molecule has 2 atom stereocenters. The van der Waals surface area contributed by atoms with Gasteiger partial charge in [-0.05, 0) is 31.7 Å². The van der Waals surface area contributed by atoms with Gasteiger partial charge in [-0.3, -0.25) is 0 Å². The molecule has 0 bridgehead atoms. The molecular formula is C13H27FO5. The highest BCUT2D eigenvalue weighted by Crippen LogP contribution is 2.26. The summed E-state index contributed by atoms with van der Waals surface area (Å²) in [5.41, 5.74) is 0. The van der Waals surface area contributed by atoms with E-state index in [1.807, 2.05) is 27.7 Å². The zero-order valence-electron chi connectivity index (χ0n) is 12.6. The molecule has 0 saturated heterocycles. The molecule has 0 fully saturated rings. The molecule has 0 aromatic heterocycles. The largest absolute Gasteiger partial charge is 0.353 e. The van der Waals surface area contributed by atoms with Gasteiger partial charge < -0.3 is 18.9 Å². The second kappa shape index (κ2) is 10.5. The first-order valence-corrected chi connectivity index (χ1v) is 6.79. The SMILES string of the molecule is CCCOC(CCC(OC)OF)(OCC)OC(C)C. The predicted octanol–water partition coefficient (Wildman–Crippen LogP) is 3.18. The molecule has 0 radical (unpaired) electrons. The minimum atomic E-state index is -1.17. The second-order valence-corrected chi connectivity index (χ2v) is 4.42. The molecule has 0 heterocycles. The summed E-state index contributed by atoms with van der Waals surface area (Å²) in [5.74, 6) is -1.17. The van der Waals surface area contributed by atoms with Crippen LogP contribution in [0.1, 0.15) is 47.0 Å². The van der Waals surface area contributed by atoms with Crippen molar-refractivity contribution in [3.8, 4) is 0 Å². The lowest BCUT2D eigenvalue weighted by molar-refractivity contribution is -0.397. The van der Waals surface area contributed by atoms with E-state index in [1.165, 1.54) is 7.11 Å². The molecular weight excluding hydrogens is 255 g/mol. The number of ether oxygens (including phenoxy) is 4. The van der Waals surface area contributed by atoms with Crippen molar-refractivity contribution in [2.75, 3.05) is 20.3 Å². The Kier molecular flexibility index (Phi) is 10.4. The average Bonchev–Trinajstić information content (AvgIpc) is 2.37. The van der Waals surface area contributed by atoms with Gasteiger partial charge in [0.15, 0.2) is 6.29 Å². The number of rotatable bonds is 12. The van der Waals surface area contributed by atoms with Crippen LogP contribution in [0.3, 0.4) is 0 Å². The van der Waals surface area contributed by atoms with Crippen molar-refractivity contribution in [2.45, 2.75) is 65.3 Å². The maximum Gasteiger partial charge on any atom is 0.283 e. The van der Waals surface area contributed by atoms with E-state index in [0.29, 0.717) is 19.6 Å². The van der Waals surface area contributed by atoms with E-state index < -0.39 is 12.3 Å². The van der Waals surface area contributed by atoms with Crippen molar-refractivity contribution >= 4 is 0 Å². The minimum Gasteiger partial charge on any atom is -0.353 e. The van der Waals surface area contributed by atoms with E-state index in [-0.39, 0.29) is 12.5 Å². The van der Waals surface area contributed by atoms with Crippen LogP contribution in [0.2, 0.25) is 0 Å². The molecule has 0 amide bonds. The monoisotopic (exact) mass is 282 g/mol. The van der Waals surface area contributed by atoms with E-state index in [1.54, 1.807) is 0 Å². The van der Waals surface area contributed by atoms with E-state index in [2.05, 4.69) is 4.94 Å². The minimum absolute atomic E-state index is 0.0734. The molecule has 0 aliphatic rings. The molecule has 0 aromatic rings. The van der Waals surface area contributed by atoms with E-state index in [9.17, 15) is 4.53 Å². The normalized spacial score (nSPS) is 16.6. The summed E-state index contributed by atoms with van der Waals surface area (Å²) in [7, 11) is 1.38. The van der Waals surface area contributed by atoms with Gasteiger partial charge in [-0.25, -0.2) is 0 Å². The highest BCUT2D eigenvalue weighted by molar-refractivity contribution is 4.62. The molecule has 19 heavy (non-hydrogen) atoms. The van der Waals surface area contributed by atoms with Crippen LogP contribution in [0.15, 0.2) is 0 Å². The lowest BCUT2D eigenvalue weighted by Crippen LogP contribution is -2.42. The highest BCUT2D eigenvalue weighted by atomic mass is 19.3. The summed E-state index contributed by atoms with van der Waals surface area (Å²) < 4.78 is 34.0. The Hall–Kier alpha value is -0.270. The lowest BCUT2D eigenvalue weighted by atomic mass is 10.2. The molecule has 2 unspecified atom stereocenters. The van der Waals surface area contributed by atoms with Crippen LogP contribution in [0.4, 0.5) is 4.53 Å². The van der Waals surface area contributed by atoms with Crippen LogP contribution in [0, 0.1) is 0 Å². The Morgan fingerprint density at radius 3 is 2.26 bits per heavy atom. The zero-order chi connectivity index (χ0) is 14.7. The second-order valence-electron chi connectivity index (χ2n) is 4.42. The van der Waals surface area contributed by atoms with Gasteiger partial charge in [-0.1, -0.05) is 6.92 Å². The predicted molar refractivity (Wildman–Crippen MR) is 69.0 cm³/mol. The van der Waals surface area contributed by atoms with Crippen LogP contribution in [0.5, 0.6) is 0 Å². The summed E-state index contributed by atoms with van der Waals surface area (Å²) >= 11 is 0. The molecule has 0 saturated carbocycles. The topological polar surface area (TPSA) is 46.2 Å². The van der Waals surface area contributed by atoms with Gasteiger partial charge in [0.05, 0.1) is 12.7 Å². The quantitative estimate of drug-likeness (QED) is 0.514. The Morgan fingerprint density at radius 1 is 1.16 bits per heavy atom. The van der Waals surface area contributed by atoms with Crippen LogP contribution in [-0.2, 0) is 23.9 Å². The molecule has 0 aliphatic carbocycles. The number of hydrogen-bond donors (Lipinski definition) is 0. The van der Waals surface area contributed by atoms with Gasteiger partial charge in [0.1, 0.15) is 0 Å². The van der Waals surface area contributed by atoms with E-state index >= 15 is 0 Å². The van der Waals surface area contributed by atoms with Crippen LogP contribution < -0.4 is 0 Å². The lowest BCUT2D eigenvalue weighted by Gasteiger charge is -2.35. The van der Waals surface area contributed by atoms with Crippen LogP contribution >= 0.6 is 0 Å². The van der Waals surface area contributed by atoms with Crippen LogP contribution in [0.25, 0.3) is 0 Å². The molecule has 0 aliphatic heterocycles. The Labute approximate surface area is 115 Å². The van der Waals surface area contributed by atoms with Gasteiger partial charge in [-0.15, -0.1) is 0 Å². The fourth-order valence-corrected chi connectivity index (χ4v) is 1.64. The van der Waals surface area contributed by atoms with Crippen LogP contribution in [-0.4, -0.2) is 38.7 Å². The molecule has 0 spiro atoms. The van der Waals surface area contributed by atoms with Crippen molar-refractivity contribution in [1.29, 1.82) is 0 Å². The Balaban J connectivity index is 4.65. The van der Waals surface area contributed by atoms with Crippen molar-refractivity contribution in [3.05, 3.63) is 0 Å². The smallest absolute Gasteiger partial charge is 0.283 e. The van der Waals surface area contributed by atoms with E-state index in [4.69, 9.17) is 18.9 Å². The number of hydrogen-bond acceptors (Lipinski definition) is 5. The third-order valence-corrected chi connectivity index (χ3v) is 2.35. The van der Waals surface area contributed by atoms with Gasteiger partial charge in [-0.2, -0.15) is 4.94 Å². The Morgan fingerprint density at radius 2 is 1.84 bits per heavy atom. The number of methoxy groups -OCH3 is 1. The average molecular weight is 282 g/mol. The molecule has 0 N–H and O–H groups in total.